The Kier molecular flexibility index (Phi) is 5.35. The second kappa shape index (κ2) is 7.45. The topological polar surface area (TPSA) is 57.2 Å². The molecule has 3 N–H and O–H groups in total. The zero-order chi connectivity index (χ0) is 15.1. The molecule has 0 spiro atoms. The van der Waals surface area contributed by atoms with Gasteiger partial charge in [0, 0.05) is 31.2 Å². The number of nitrogens with zero attached hydrogens (tertiary/aromatic N) is 1. The maximum Gasteiger partial charge on any atom is 0.115 e. The molecule has 0 aromatic carbocycles. The SMILES string of the molecule is C=C1/C=C(O)\C=C/CN/C=C\1CC(NC)c1ccncc1. The van der Waals surface area contributed by atoms with Crippen molar-refractivity contribution in [2.75, 3.05) is 13.6 Å². The molecule has 0 fully saturated rings. The van der Waals surface area contributed by atoms with E-state index in [2.05, 4.69) is 22.2 Å². The summed E-state index contributed by atoms with van der Waals surface area (Å²) in [7, 11) is 1.94. The lowest BCUT2D eigenvalue weighted by Crippen LogP contribution is -2.18. The zero-order valence-corrected chi connectivity index (χ0v) is 12.2. The molecule has 1 aliphatic rings. The minimum Gasteiger partial charge on any atom is -0.508 e. The van der Waals surface area contributed by atoms with Gasteiger partial charge in [-0.25, -0.2) is 0 Å². The van der Waals surface area contributed by atoms with E-state index in [1.165, 1.54) is 5.56 Å². The Morgan fingerprint density at radius 1 is 1.43 bits per heavy atom. The van der Waals surface area contributed by atoms with Crippen molar-refractivity contribution < 1.29 is 5.11 Å². The molecule has 4 nitrogen and oxygen atoms in total. The van der Waals surface area contributed by atoms with E-state index in [1.807, 2.05) is 31.5 Å². The van der Waals surface area contributed by atoms with E-state index in [4.69, 9.17) is 0 Å². The average Bonchev–Trinajstić information content (AvgIpc) is 2.57. The molecule has 2 rings (SSSR count). The summed E-state index contributed by atoms with van der Waals surface area (Å²) in [6.07, 6.45) is 11.6. The summed E-state index contributed by atoms with van der Waals surface area (Å²) < 4.78 is 0. The summed E-state index contributed by atoms with van der Waals surface area (Å²) in [6.45, 7) is 4.73. The quantitative estimate of drug-likeness (QED) is 0.795. The molecule has 21 heavy (non-hydrogen) atoms. The first-order valence-corrected chi connectivity index (χ1v) is 6.97. The highest BCUT2D eigenvalue weighted by Gasteiger charge is 2.13. The monoisotopic (exact) mass is 283 g/mol. The van der Waals surface area contributed by atoms with Crippen LogP contribution in [0.3, 0.4) is 0 Å². The summed E-state index contributed by atoms with van der Waals surface area (Å²) in [5.41, 5.74) is 3.04. The summed E-state index contributed by atoms with van der Waals surface area (Å²) in [6, 6.07) is 4.17. The van der Waals surface area contributed by atoms with Gasteiger partial charge in [0.25, 0.3) is 0 Å². The molecule has 0 amide bonds. The van der Waals surface area contributed by atoms with Crippen LogP contribution in [0.15, 0.2) is 72.4 Å². The first kappa shape index (κ1) is 15.1. The lowest BCUT2D eigenvalue weighted by Gasteiger charge is -2.19. The number of aliphatic hydroxyl groups excluding tert-OH is 1. The largest absolute Gasteiger partial charge is 0.508 e. The van der Waals surface area contributed by atoms with Crippen LogP contribution in [0.25, 0.3) is 0 Å². The zero-order valence-electron chi connectivity index (χ0n) is 12.2. The molecule has 0 bridgehead atoms. The van der Waals surface area contributed by atoms with E-state index in [0.29, 0.717) is 6.54 Å². The number of pyridine rings is 1. The lowest BCUT2D eigenvalue weighted by atomic mass is 9.95. The summed E-state index contributed by atoms with van der Waals surface area (Å²) in [4.78, 5) is 4.05. The van der Waals surface area contributed by atoms with Crippen molar-refractivity contribution in [2.24, 2.45) is 0 Å². The Balaban J connectivity index is 2.19. The molecule has 1 atom stereocenters. The van der Waals surface area contributed by atoms with E-state index < -0.39 is 0 Å². The molecular weight excluding hydrogens is 262 g/mol. The van der Waals surface area contributed by atoms with Gasteiger partial charge < -0.3 is 15.7 Å². The highest BCUT2D eigenvalue weighted by Crippen LogP contribution is 2.25. The van der Waals surface area contributed by atoms with Gasteiger partial charge in [-0.1, -0.05) is 12.7 Å². The average molecular weight is 283 g/mol. The predicted octanol–water partition coefficient (Wildman–Crippen LogP) is 2.77. The van der Waals surface area contributed by atoms with Crippen LogP contribution in [-0.2, 0) is 0 Å². The van der Waals surface area contributed by atoms with Crippen LogP contribution in [0, 0.1) is 0 Å². The normalized spacial score (nSPS) is 23.4. The number of rotatable bonds is 4. The molecule has 2 heterocycles. The number of aliphatic hydroxyl groups is 1. The van der Waals surface area contributed by atoms with Gasteiger partial charge in [-0.2, -0.15) is 0 Å². The fourth-order valence-electron chi connectivity index (χ4n) is 2.23. The van der Waals surface area contributed by atoms with Gasteiger partial charge in [-0.15, -0.1) is 0 Å². The van der Waals surface area contributed by atoms with Gasteiger partial charge in [0.05, 0.1) is 0 Å². The summed E-state index contributed by atoms with van der Waals surface area (Å²) in [5, 5.41) is 16.3. The van der Waals surface area contributed by atoms with Gasteiger partial charge in [-0.3, -0.25) is 4.98 Å². The maximum atomic E-state index is 9.77. The van der Waals surface area contributed by atoms with Crippen molar-refractivity contribution in [1.82, 2.24) is 15.6 Å². The summed E-state index contributed by atoms with van der Waals surface area (Å²) in [5.74, 6) is 0.222. The molecule has 0 radical (unpaired) electrons. The smallest absolute Gasteiger partial charge is 0.115 e. The standard InChI is InChI=1S/C17H21N3O/c1-13-10-16(21)4-3-7-20-12-15(13)11-17(18-2)14-5-8-19-9-6-14/h3-6,8-10,12,17-18,20-21H,1,7,11H2,2H3/b4-3-,15-12-,16-10+. The van der Waals surface area contributed by atoms with Gasteiger partial charge >= 0.3 is 0 Å². The second-order valence-corrected chi connectivity index (χ2v) is 4.90. The molecule has 0 saturated heterocycles. The van der Waals surface area contributed by atoms with Crippen molar-refractivity contribution in [3.8, 4) is 0 Å². The number of allylic oxidation sites excluding steroid dienone is 3. The Morgan fingerprint density at radius 2 is 2.19 bits per heavy atom. The minimum absolute atomic E-state index is 0.169. The van der Waals surface area contributed by atoms with Crippen LogP contribution in [0.4, 0.5) is 0 Å². The van der Waals surface area contributed by atoms with E-state index in [0.717, 1.165) is 17.6 Å². The van der Waals surface area contributed by atoms with Gasteiger partial charge in [0.15, 0.2) is 0 Å². The molecule has 0 saturated carbocycles. The molecule has 1 aromatic heterocycles. The van der Waals surface area contributed by atoms with Crippen LogP contribution in [0.2, 0.25) is 0 Å². The molecule has 1 aliphatic heterocycles. The van der Waals surface area contributed by atoms with Crippen LogP contribution in [0.1, 0.15) is 18.0 Å². The van der Waals surface area contributed by atoms with Gasteiger partial charge in [-0.05, 0) is 54.5 Å². The highest BCUT2D eigenvalue weighted by molar-refractivity contribution is 5.41. The predicted molar refractivity (Wildman–Crippen MR) is 85.7 cm³/mol. The lowest BCUT2D eigenvalue weighted by molar-refractivity contribution is 0.432. The number of aromatic nitrogens is 1. The van der Waals surface area contributed by atoms with Crippen molar-refractivity contribution in [3.05, 3.63) is 78.0 Å². The summed E-state index contributed by atoms with van der Waals surface area (Å²) >= 11 is 0. The number of nitrogens with one attached hydrogen (secondary N) is 2. The fraction of sp³-hybridized carbons (Fsp3) is 0.235. The van der Waals surface area contributed by atoms with Crippen LogP contribution in [0.5, 0.6) is 0 Å². The van der Waals surface area contributed by atoms with E-state index >= 15 is 0 Å². The molecular formula is C17H21N3O. The Morgan fingerprint density at radius 3 is 2.90 bits per heavy atom. The molecule has 0 aliphatic carbocycles. The number of hydrogen-bond donors (Lipinski definition) is 3. The second-order valence-electron chi connectivity index (χ2n) is 4.90. The molecule has 1 unspecified atom stereocenters. The Labute approximate surface area is 125 Å². The third-order valence-corrected chi connectivity index (χ3v) is 3.42. The fourth-order valence-corrected chi connectivity index (χ4v) is 2.23. The van der Waals surface area contributed by atoms with Crippen LogP contribution in [-0.4, -0.2) is 23.7 Å². The van der Waals surface area contributed by atoms with E-state index in [9.17, 15) is 5.11 Å². The molecule has 110 valence electrons. The van der Waals surface area contributed by atoms with Crippen molar-refractivity contribution >= 4 is 0 Å². The number of hydrogen-bond acceptors (Lipinski definition) is 4. The molecule has 1 aromatic rings. The maximum absolute atomic E-state index is 9.77. The van der Waals surface area contributed by atoms with E-state index in [1.54, 1.807) is 24.5 Å². The Hall–Kier alpha value is -2.33. The minimum atomic E-state index is 0.169. The molecule has 4 heteroatoms. The van der Waals surface area contributed by atoms with Crippen molar-refractivity contribution in [3.63, 3.8) is 0 Å². The third-order valence-electron chi connectivity index (χ3n) is 3.42. The highest BCUT2D eigenvalue weighted by atomic mass is 16.3. The van der Waals surface area contributed by atoms with Gasteiger partial charge in [0.2, 0.25) is 0 Å². The first-order valence-electron chi connectivity index (χ1n) is 6.97. The first-order chi connectivity index (χ1) is 10.2. The van der Waals surface area contributed by atoms with Crippen molar-refractivity contribution in [2.45, 2.75) is 12.5 Å². The third kappa shape index (κ3) is 4.33. The van der Waals surface area contributed by atoms with Gasteiger partial charge in [0.1, 0.15) is 5.76 Å². The Bertz CT molecular complexity index is 573. The van der Waals surface area contributed by atoms with Crippen molar-refractivity contribution in [1.29, 1.82) is 0 Å². The van der Waals surface area contributed by atoms with E-state index in [-0.39, 0.29) is 11.8 Å². The van der Waals surface area contributed by atoms with Crippen LogP contribution >= 0.6 is 0 Å². The van der Waals surface area contributed by atoms with Crippen LogP contribution < -0.4 is 10.6 Å².